The monoisotopic (exact) mass is 342 g/mol. The number of aromatic nitrogens is 1. The van der Waals surface area contributed by atoms with Crippen molar-refractivity contribution in [1.82, 2.24) is 10.3 Å². The molecule has 0 spiro atoms. The molecule has 1 heterocycles. The first-order valence-corrected chi connectivity index (χ1v) is 8.14. The van der Waals surface area contributed by atoms with Gasteiger partial charge in [0.15, 0.2) is 0 Å². The maximum Gasteiger partial charge on any atom is 0.255 e. The summed E-state index contributed by atoms with van der Waals surface area (Å²) < 4.78 is 5.22. The molecule has 0 bridgehead atoms. The number of methoxy groups -OCH3 is 1. The highest BCUT2D eigenvalue weighted by atomic mass is 35.5. The van der Waals surface area contributed by atoms with Crippen molar-refractivity contribution in [1.29, 1.82) is 0 Å². The molecule has 0 aliphatic heterocycles. The third-order valence-corrected chi connectivity index (χ3v) is 4.24. The zero-order chi connectivity index (χ0) is 17.1. The molecule has 24 heavy (non-hydrogen) atoms. The van der Waals surface area contributed by atoms with Crippen molar-refractivity contribution in [2.24, 2.45) is 0 Å². The van der Waals surface area contributed by atoms with Crippen LogP contribution in [0, 0.1) is 6.92 Å². The number of aromatic amines is 1. The van der Waals surface area contributed by atoms with E-state index in [4.69, 9.17) is 16.3 Å². The summed E-state index contributed by atoms with van der Waals surface area (Å²) in [4.78, 5) is 15.6. The Morgan fingerprint density at radius 3 is 2.88 bits per heavy atom. The fraction of sp³-hybridized carbons (Fsp3) is 0.211. The Morgan fingerprint density at radius 1 is 1.25 bits per heavy atom. The topological polar surface area (TPSA) is 54.1 Å². The van der Waals surface area contributed by atoms with Gasteiger partial charge in [-0.3, -0.25) is 4.79 Å². The number of nitrogens with one attached hydrogen (secondary N) is 2. The molecular weight excluding hydrogens is 324 g/mol. The molecule has 0 aliphatic carbocycles. The molecule has 1 amide bonds. The molecule has 124 valence electrons. The molecule has 3 aromatic rings. The van der Waals surface area contributed by atoms with Gasteiger partial charge in [0.2, 0.25) is 0 Å². The molecule has 0 saturated carbocycles. The second-order valence-electron chi connectivity index (χ2n) is 5.71. The molecule has 4 nitrogen and oxygen atoms in total. The van der Waals surface area contributed by atoms with Crippen LogP contribution in [0.2, 0.25) is 5.02 Å². The summed E-state index contributed by atoms with van der Waals surface area (Å²) in [5, 5.41) is 4.63. The Bertz CT molecular complexity index is 886. The molecule has 2 aromatic carbocycles. The van der Waals surface area contributed by atoms with Crippen molar-refractivity contribution in [3.05, 3.63) is 64.3 Å². The Morgan fingerprint density at radius 2 is 2.08 bits per heavy atom. The highest BCUT2D eigenvalue weighted by Gasteiger charge is 2.13. The van der Waals surface area contributed by atoms with Gasteiger partial charge >= 0.3 is 0 Å². The van der Waals surface area contributed by atoms with Gasteiger partial charge in [-0.1, -0.05) is 23.2 Å². The third kappa shape index (κ3) is 3.39. The zero-order valence-electron chi connectivity index (χ0n) is 13.7. The summed E-state index contributed by atoms with van der Waals surface area (Å²) in [6, 6.07) is 11.3. The van der Waals surface area contributed by atoms with E-state index in [2.05, 4.69) is 35.4 Å². The highest BCUT2D eigenvalue weighted by Crippen LogP contribution is 2.23. The zero-order valence-corrected chi connectivity index (χ0v) is 14.4. The highest BCUT2D eigenvalue weighted by molar-refractivity contribution is 6.31. The lowest BCUT2D eigenvalue weighted by Crippen LogP contribution is -2.26. The van der Waals surface area contributed by atoms with Crippen molar-refractivity contribution in [2.45, 2.75) is 13.3 Å². The lowest BCUT2D eigenvalue weighted by atomic mass is 10.1. The maximum absolute atomic E-state index is 12.4. The van der Waals surface area contributed by atoms with Gasteiger partial charge in [0, 0.05) is 28.7 Å². The minimum Gasteiger partial charge on any atom is -0.496 e. The van der Waals surface area contributed by atoms with E-state index in [1.807, 2.05) is 6.20 Å². The second kappa shape index (κ2) is 6.97. The molecule has 2 N–H and O–H groups in total. The molecule has 3 rings (SSSR count). The fourth-order valence-corrected chi connectivity index (χ4v) is 2.93. The Kier molecular flexibility index (Phi) is 4.76. The van der Waals surface area contributed by atoms with Crippen molar-refractivity contribution >= 4 is 28.4 Å². The quantitative estimate of drug-likeness (QED) is 0.733. The van der Waals surface area contributed by atoms with Gasteiger partial charge < -0.3 is 15.0 Å². The number of aryl methyl sites for hydroxylation is 1. The third-order valence-electron chi connectivity index (χ3n) is 4.01. The van der Waals surface area contributed by atoms with E-state index in [0.717, 1.165) is 11.9 Å². The number of hydrogen-bond donors (Lipinski definition) is 2. The second-order valence-corrected chi connectivity index (χ2v) is 6.15. The van der Waals surface area contributed by atoms with Crippen molar-refractivity contribution in [3.63, 3.8) is 0 Å². The lowest BCUT2D eigenvalue weighted by Gasteiger charge is -2.09. The van der Waals surface area contributed by atoms with Gasteiger partial charge in [-0.15, -0.1) is 0 Å². The summed E-state index contributed by atoms with van der Waals surface area (Å²) in [7, 11) is 1.54. The average molecular weight is 343 g/mol. The number of hydrogen-bond acceptors (Lipinski definition) is 2. The first kappa shape index (κ1) is 16.4. The number of H-pyrrole nitrogens is 1. The molecule has 0 saturated heterocycles. The number of carbonyl (C=O) groups excluding carboxylic acids is 1. The predicted molar refractivity (Wildman–Crippen MR) is 97.1 cm³/mol. The normalized spacial score (nSPS) is 10.8. The van der Waals surface area contributed by atoms with E-state index in [0.29, 0.717) is 22.9 Å². The standard InChI is InChI=1S/C19H19ClN2O2/c1-12-3-5-17-15(9-12)13(11-22-17)7-8-21-19(23)16-10-14(20)4-6-18(16)24-2/h3-6,9-11,22H,7-8H2,1-2H3,(H,21,23). The average Bonchev–Trinajstić information content (AvgIpc) is 2.97. The number of benzene rings is 2. The van der Waals surface area contributed by atoms with Gasteiger partial charge in [-0.05, 0) is 49.2 Å². The van der Waals surface area contributed by atoms with Crippen LogP contribution >= 0.6 is 11.6 Å². The van der Waals surface area contributed by atoms with E-state index in [-0.39, 0.29) is 5.91 Å². The van der Waals surface area contributed by atoms with Crippen LogP contribution < -0.4 is 10.1 Å². The van der Waals surface area contributed by atoms with Crippen molar-refractivity contribution in [2.75, 3.05) is 13.7 Å². The van der Waals surface area contributed by atoms with E-state index in [1.165, 1.54) is 23.6 Å². The van der Waals surface area contributed by atoms with Crippen LogP contribution in [0.25, 0.3) is 10.9 Å². The van der Waals surface area contributed by atoms with Crippen LogP contribution in [-0.4, -0.2) is 24.5 Å². The van der Waals surface area contributed by atoms with E-state index < -0.39 is 0 Å². The molecular formula is C19H19ClN2O2. The Hall–Kier alpha value is -2.46. The largest absolute Gasteiger partial charge is 0.496 e. The van der Waals surface area contributed by atoms with Gasteiger partial charge in [-0.2, -0.15) is 0 Å². The molecule has 0 fully saturated rings. The molecule has 1 aromatic heterocycles. The van der Waals surface area contributed by atoms with Gasteiger partial charge in [0.05, 0.1) is 12.7 Å². The minimum atomic E-state index is -0.189. The van der Waals surface area contributed by atoms with Crippen LogP contribution in [0.4, 0.5) is 0 Å². The van der Waals surface area contributed by atoms with Crippen LogP contribution in [-0.2, 0) is 6.42 Å². The van der Waals surface area contributed by atoms with Gasteiger partial charge in [-0.25, -0.2) is 0 Å². The van der Waals surface area contributed by atoms with Crippen LogP contribution in [0.5, 0.6) is 5.75 Å². The van der Waals surface area contributed by atoms with E-state index in [9.17, 15) is 4.79 Å². The summed E-state index contributed by atoms with van der Waals surface area (Å²) in [6.45, 7) is 2.61. The number of fused-ring (bicyclic) bond motifs is 1. The molecule has 0 radical (unpaired) electrons. The summed E-state index contributed by atoms with van der Waals surface area (Å²) in [5.41, 5.74) is 3.96. The molecule has 0 atom stereocenters. The first-order chi connectivity index (χ1) is 11.6. The number of ether oxygens (including phenoxy) is 1. The van der Waals surface area contributed by atoms with Gasteiger partial charge in [0.25, 0.3) is 5.91 Å². The van der Waals surface area contributed by atoms with Crippen molar-refractivity contribution in [3.8, 4) is 5.75 Å². The Labute approximate surface area is 145 Å². The summed E-state index contributed by atoms with van der Waals surface area (Å²) >= 11 is 5.97. The summed E-state index contributed by atoms with van der Waals surface area (Å²) in [6.07, 6.45) is 2.74. The SMILES string of the molecule is COc1ccc(Cl)cc1C(=O)NCCc1c[nH]c2ccc(C)cc12. The van der Waals surface area contributed by atoms with E-state index >= 15 is 0 Å². The predicted octanol–water partition coefficient (Wildman–Crippen LogP) is 4.11. The number of rotatable bonds is 5. The van der Waals surface area contributed by atoms with Crippen molar-refractivity contribution < 1.29 is 9.53 Å². The number of amides is 1. The number of halogens is 1. The smallest absolute Gasteiger partial charge is 0.255 e. The number of carbonyl (C=O) groups is 1. The van der Waals surface area contributed by atoms with E-state index in [1.54, 1.807) is 18.2 Å². The van der Waals surface area contributed by atoms with Crippen LogP contribution in [0.1, 0.15) is 21.5 Å². The lowest BCUT2D eigenvalue weighted by molar-refractivity contribution is 0.0951. The first-order valence-electron chi connectivity index (χ1n) is 7.77. The Balaban J connectivity index is 1.68. The minimum absolute atomic E-state index is 0.189. The molecule has 0 unspecified atom stereocenters. The van der Waals surface area contributed by atoms with Crippen LogP contribution in [0.15, 0.2) is 42.6 Å². The molecule has 5 heteroatoms. The molecule has 0 aliphatic rings. The van der Waals surface area contributed by atoms with Gasteiger partial charge in [0.1, 0.15) is 5.75 Å². The summed E-state index contributed by atoms with van der Waals surface area (Å²) in [5.74, 6) is 0.324. The fourth-order valence-electron chi connectivity index (χ4n) is 2.76. The van der Waals surface area contributed by atoms with Crippen LogP contribution in [0.3, 0.4) is 0 Å². The maximum atomic E-state index is 12.4.